The second-order valence-electron chi connectivity index (χ2n) is 5.98. The van der Waals surface area contributed by atoms with Gasteiger partial charge in [0.25, 0.3) is 5.91 Å². The number of methoxy groups -OCH3 is 1. The Morgan fingerprint density at radius 1 is 1.42 bits per heavy atom. The van der Waals surface area contributed by atoms with Crippen molar-refractivity contribution in [2.45, 2.75) is 25.4 Å². The fraction of sp³-hybridized carbons (Fsp3) is 0.353. The Kier molecular flexibility index (Phi) is 3.78. The van der Waals surface area contributed by atoms with Crippen LogP contribution < -0.4 is 5.32 Å². The highest BCUT2D eigenvalue weighted by Crippen LogP contribution is 2.23. The van der Waals surface area contributed by atoms with E-state index in [1.165, 1.54) is 0 Å². The second-order valence-corrected chi connectivity index (χ2v) is 5.98. The lowest BCUT2D eigenvalue weighted by Crippen LogP contribution is -2.25. The van der Waals surface area contributed by atoms with E-state index in [-0.39, 0.29) is 5.91 Å². The molecule has 0 spiro atoms. The van der Waals surface area contributed by atoms with E-state index in [1.807, 2.05) is 39.6 Å². The number of carbonyl (C=O) groups is 1. The van der Waals surface area contributed by atoms with Gasteiger partial charge in [0.1, 0.15) is 5.69 Å². The van der Waals surface area contributed by atoms with Gasteiger partial charge in [0.15, 0.2) is 11.5 Å². The number of fused-ring (bicyclic) bond motifs is 1. The number of nitrogens with one attached hydrogen (secondary N) is 1. The van der Waals surface area contributed by atoms with E-state index in [1.54, 1.807) is 13.4 Å². The molecule has 4 rings (SSSR count). The number of hydrogen-bond donors (Lipinski definition) is 1. The van der Waals surface area contributed by atoms with Crippen LogP contribution in [0.4, 0.5) is 0 Å². The Labute approximate surface area is 139 Å². The molecule has 1 amide bonds. The van der Waals surface area contributed by atoms with E-state index in [9.17, 15) is 4.79 Å². The first-order chi connectivity index (χ1) is 11.8. The fourth-order valence-electron chi connectivity index (χ4n) is 2.66. The molecule has 3 aromatic rings. The standard InChI is InChI=1S/C17H19N5O2/c1-24-9-8-21-10-13(18-11-21)16-20-15(17(23)19-12-5-6-12)14-4-2-3-7-22(14)16/h2-4,7,10-12H,5-6,8-9H2,1H3,(H,19,23). The average molecular weight is 325 g/mol. The molecular formula is C17H19N5O2. The van der Waals surface area contributed by atoms with Gasteiger partial charge >= 0.3 is 0 Å². The molecule has 7 nitrogen and oxygen atoms in total. The quantitative estimate of drug-likeness (QED) is 0.749. The van der Waals surface area contributed by atoms with E-state index in [4.69, 9.17) is 4.74 Å². The maximum absolute atomic E-state index is 12.5. The van der Waals surface area contributed by atoms with E-state index in [0.717, 1.165) is 30.6 Å². The Balaban J connectivity index is 1.72. The first-order valence-corrected chi connectivity index (χ1v) is 8.05. The molecule has 0 saturated heterocycles. The summed E-state index contributed by atoms with van der Waals surface area (Å²) in [4.78, 5) is 21.5. The zero-order chi connectivity index (χ0) is 16.5. The third kappa shape index (κ3) is 2.78. The Morgan fingerprint density at radius 3 is 3.08 bits per heavy atom. The molecule has 0 aromatic carbocycles. The van der Waals surface area contributed by atoms with Gasteiger partial charge in [-0.25, -0.2) is 9.97 Å². The topological polar surface area (TPSA) is 73.4 Å². The minimum absolute atomic E-state index is 0.119. The summed E-state index contributed by atoms with van der Waals surface area (Å²) >= 11 is 0. The van der Waals surface area contributed by atoms with Gasteiger partial charge in [-0.15, -0.1) is 0 Å². The van der Waals surface area contributed by atoms with Crippen LogP contribution in [0, 0.1) is 0 Å². The van der Waals surface area contributed by atoms with E-state index in [2.05, 4.69) is 15.3 Å². The lowest BCUT2D eigenvalue weighted by molar-refractivity contribution is 0.0948. The van der Waals surface area contributed by atoms with Crippen LogP contribution in [0.2, 0.25) is 0 Å². The molecule has 1 N–H and O–H groups in total. The van der Waals surface area contributed by atoms with Crippen LogP contribution in [0.1, 0.15) is 23.3 Å². The van der Waals surface area contributed by atoms with Crippen molar-refractivity contribution >= 4 is 11.4 Å². The highest BCUT2D eigenvalue weighted by atomic mass is 16.5. The van der Waals surface area contributed by atoms with Gasteiger partial charge in [-0.2, -0.15) is 0 Å². The normalized spacial score (nSPS) is 14.2. The monoisotopic (exact) mass is 325 g/mol. The number of rotatable bonds is 6. The number of ether oxygens (including phenoxy) is 1. The lowest BCUT2D eigenvalue weighted by Gasteiger charge is -2.00. The van der Waals surface area contributed by atoms with Crippen LogP contribution in [0.5, 0.6) is 0 Å². The summed E-state index contributed by atoms with van der Waals surface area (Å²) in [5.41, 5.74) is 1.97. The van der Waals surface area contributed by atoms with Crippen LogP contribution in [-0.2, 0) is 11.3 Å². The molecule has 1 fully saturated rings. The molecule has 1 aliphatic rings. The van der Waals surface area contributed by atoms with E-state index < -0.39 is 0 Å². The molecule has 3 heterocycles. The van der Waals surface area contributed by atoms with Crippen LogP contribution in [-0.4, -0.2) is 44.6 Å². The number of aromatic nitrogens is 4. The predicted molar refractivity (Wildman–Crippen MR) is 88.8 cm³/mol. The van der Waals surface area contributed by atoms with Gasteiger partial charge in [0.2, 0.25) is 0 Å². The second kappa shape index (κ2) is 6.09. The SMILES string of the molecule is COCCn1cnc(-c2nc(C(=O)NC3CC3)c3ccccn23)c1. The van der Waals surface area contributed by atoms with Crippen molar-refractivity contribution in [1.29, 1.82) is 0 Å². The van der Waals surface area contributed by atoms with Crippen LogP contribution >= 0.6 is 0 Å². The van der Waals surface area contributed by atoms with Crippen molar-refractivity contribution in [2.75, 3.05) is 13.7 Å². The third-order valence-corrected chi connectivity index (χ3v) is 4.09. The summed E-state index contributed by atoms with van der Waals surface area (Å²) in [6, 6.07) is 6.03. The van der Waals surface area contributed by atoms with Crippen molar-refractivity contribution in [3.05, 3.63) is 42.6 Å². The Bertz CT molecular complexity index is 878. The minimum Gasteiger partial charge on any atom is -0.383 e. The molecule has 24 heavy (non-hydrogen) atoms. The molecule has 124 valence electrons. The maximum Gasteiger partial charge on any atom is 0.272 e. The summed E-state index contributed by atoms with van der Waals surface area (Å²) in [5.74, 6) is 0.550. The average Bonchev–Trinajstić information content (AvgIpc) is 3.15. The number of nitrogens with zero attached hydrogens (tertiary/aromatic N) is 4. The highest BCUT2D eigenvalue weighted by Gasteiger charge is 2.26. The molecular weight excluding hydrogens is 306 g/mol. The van der Waals surface area contributed by atoms with Gasteiger partial charge < -0.3 is 14.6 Å². The molecule has 0 atom stereocenters. The molecule has 1 aliphatic carbocycles. The van der Waals surface area contributed by atoms with Gasteiger partial charge in [0, 0.05) is 32.1 Å². The van der Waals surface area contributed by atoms with Gasteiger partial charge in [-0.05, 0) is 25.0 Å². The van der Waals surface area contributed by atoms with Crippen LogP contribution in [0.3, 0.4) is 0 Å². The fourth-order valence-corrected chi connectivity index (χ4v) is 2.66. The van der Waals surface area contributed by atoms with Gasteiger partial charge in [0.05, 0.1) is 18.5 Å². The maximum atomic E-state index is 12.5. The predicted octanol–water partition coefficient (Wildman–Crippen LogP) is 1.74. The van der Waals surface area contributed by atoms with Crippen molar-refractivity contribution in [3.63, 3.8) is 0 Å². The number of hydrogen-bond acceptors (Lipinski definition) is 4. The summed E-state index contributed by atoms with van der Waals surface area (Å²) < 4.78 is 8.95. The molecule has 0 aliphatic heterocycles. The molecule has 0 unspecified atom stereocenters. The lowest BCUT2D eigenvalue weighted by atomic mass is 10.3. The summed E-state index contributed by atoms with van der Waals surface area (Å²) in [6.45, 7) is 1.34. The number of carbonyl (C=O) groups excluding carboxylic acids is 1. The highest BCUT2D eigenvalue weighted by molar-refractivity contribution is 6.00. The van der Waals surface area contributed by atoms with Crippen molar-refractivity contribution in [3.8, 4) is 11.5 Å². The molecule has 3 aromatic heterocycles. The van der Waals surface area contributed by atoms with E-state index >= 15 is 0 Å². The van der Waals surface area contributed by atoms with Crippen LogP contribution in [0.15, 0.2) is 36.9 Å². The third-order valence-electron chi connectivity index (χ3n) is 4.09. The van der Waals surface area contributed by atoms with Crippen molar-refractivity contribution in [2.24, 2.45) is 0 Å². The first-order valence-electron chi connectivity index (χ1n) is 8.05. The molecule has 0 radical (unpaired) electrons. The van der Waals surface area contributed by atoms with Crippen molar-refractivity contribution < 1.29 is 9.53 Å². The Hall–Kier alpha value is -2.67. The number of pyridine rings is 1. The molecule has 7 heteroatoms. The van der Waals surface area contributed by atoms with Crippen LogP contribution in [0.25, 0.3) is 17.0 Å². The smallest absolute Gasteiger partial charge is 0.272 e. The minimum atomic E-state index is -0.119. The van der Waals surface area contributed by atoms with E-state index in [0.29, 0.717) is 24.2 Å². The summed E-state index contributed by atoms with van der Waals surface area (Å²) in [6.07, 6.45) is 7.67. The Morgan fingerprint density at radius 2 is 2.29 bits per heavy atom. The summed E-state index contributed by atoms with van der Waals surface area (Å²) in [5, 5.41) is 3.00. The number of imidazole rings is 2. The van der Waals surface area contributed by atoms with Gasteiger partial charge in [-0.1, -0.05) is 6.07 Å². The van der Waals surface area contributed by atoms with Gasteiger partial charge in [-0.3, -0.25) is 9.20 Å². The summed E-state index contributed by atoms with van der Waals surface area (Å²) in [7, 11) is 1.67. The first kappa shape index (κ1) is 14.9. The van der Waals surface area contributed by atoms with Crippen molar-refractivity contribution in [1.82, 2.24) is 24.3 Å². The zero-order valence-electron chi connectivity index (χ0n) is 13.5. The largest absolute Gasteiger partial charge is 0.383 e. The molecule has 1 saturated carbocycles. The molecule has 0 bridgehead atoms. The zero-order valence-corrected chi connectivity index (χ0v) is 13.5. The number of amides is 1.